The van der Waals surface area contributed by atoms with Gasteiger partial charge in [0.15, 0.2) is 0 Å². The van der Waals surface area contributed by atoms with Crippen LogP contribution in [0.2, 0.25) is 0 Å². The predicted octanol–water partition coefficient (Wildman–Crippen LogP) is 2.92. The molecule has 0 aliphatic rings. The van der Waals surface area contributed by atoms with Crippen LogP contribution in [0.4, 0.5) is 5.69 Å². The fourth-order valence-corrected chi connectivity index (χ4v) is 2.29. The molecule has 0 saturated heterocycles. The summed E-state index contributed by atoms with van der Waals surface area (Å²) in [6.45, 7) is 5.58. The number of para-hydroxylation sites is 1. The van der Waals surface area contributed by atoms with Gasteiger partial charge < -0.3 is 14.6 Å². The summed E-state index contributed by atoms with van der Waals surface area (Å²) in [5, 5.41) is 2.87. The fraction of sp³-hybridized carbons (Fsp3) is 0.294. The second-order valence-electron chi connectivity index (χ2n) is 5.37. The van der Waals surface area contributed by atoms with Crippen LogP contribution in [0.15, 0.2) is 34.9 Å². The highest BCUT2D eigenvalue weighted by molar-refractivity contribution is 6.00. The molecule has 2 rings (SSSR count). The highest BCUT2D eigenvalue weighted by Gasteiger charge is 2.18. The van der Waals surface area contributed by atoms with Crippen molar-refractivity contribution in [1.29, 1.82) is 0 Å². The van der Waals surface area contributed by atoms with Crippen molar-refractivity contribution >= 4 is 17.5 Å². The summed E-state index contributed by atoms with van der Waals surface area (Å²) >= 11 is 0. The topological polar surface area (TPSA) is 62.6 Å². The van der Waals surface area contributed by atoms with Gasteiger partial charge in [0, 0.05) is 12.7 Å². The van der Waals surface area contributed by atoms with Crippen molar-refractivity contribution in [3.05, 3.63) is 53.0 Å². The van der Waals surface area contributed by atoms with Crippen LogP contribution < -0.4 is 5.32 Å². The maximum Gasteiger partial charge on any atom is 0.257 e. The van der Waals surface area contributed by atoms with E-state index in [1.807, 2.05) is 32.0 Å². The highest BCUT2D eigenvalue weighted by Crippen LogP contribution is 2.19. The van der Waals surface area contributed by atoms with E-state index in [1.165, 1.54) is 11.2 Å². The van der Waals surface area contributed by atoms with E-state index in [0.717, 1.165) is 16.8 Å². The Bertz CT molecular complexity index is 683. The second-order valence-corrected chi connectivity index (χ2v) is 5.37. The van der Waals surface area contributed by atoms with E-state index in [0.29, 0.717) is 11.3 Å². The van der Waals surface area contributed by atoms with Gasteiger partial charge in [0.05, 0.1) is 18.4 Å². The Labute approximate surface area is 129 Å². The van der Waals surface area contributed by atoms with E-state index in [9.17, 15) is 9.59 Å². The summed E-state index contributed by atoms with van der Waals surface area (Å²) in [6, 6.07) is 7.42. The van der Waals surface area contributed by atoms with Gasteiger partial charge in [-0.3, -0.25) is 9.59 Å². The summed E-state index contributed by atoms with van der Waals surface area (Å²) in [5.41, 5.74) is 3.26. The zero-order chi connectivity index (χ0) is 16.3. The molecule has 0 bridgehead atoms. The van der Waals surface area contributed by atoms with E-state index in [-0.39, 0.29) is 18.4 Å². The van der Waals surface area contributed by atoms with Crippen molar-refractivity contribution in [2.24, 2.45) is 0 Å². The summed E-state index contributed by atoms with van der Waals surface area (Å²) in [4.78, 5) is 25.8. The molecule has 1 aromatic carbocycles. The molecule has 0 aliphatic heterocycles. The second kappa shape index (κ2) is 6.47. The fourth-order valence-electron chi connectivity index (χ4n) is 2.29. The zero-order valence-corrected chi connectivity index (χ0v) is 13.3. The van der Waals surface area contributed by atoms with Crippen LogP contribution in [-0.4, -0.2) is 30.3 Å². The van der Waals surface area contributed by atoms with Crippen molar-refractivity contribution in [1.82, 2.24) is 4.90 Å². The van der Waals surface area contributed by atoms with Gasteiger partial charge in [-0.05, 0) is 38.0 Å². The van der Waals surface area contributed by atoms with Crippen molar-refractivity contribution in [2.45, 2.75) is 20.8 Å². The van der Waals surface area contributed by atoms with Crippen LogP contribution in [-0.2, 0) is 4.79 Å². The molecule has 0 atom stereocenters. The van der Waals surface area contributed by atoms with Crippen molar-refractivity contribution in [3.63, 3.8) is 0 Å². The number of nitrogens with one attached hydrogen (secondary N) is 1. The Hall–Kier alpha value is -2.56. The molecular formula is C17H20N2O3. The summed E-state index contributed by atoms with van der Waals surface area (Å²) in [7, 11) is 1.60. The number of benzene rings is 1. The molecule has 0 radical (unpaired) electrons. The number of nitrogens with zero attached hydrogens (tertiary/aromatic N) is 1. The van der Waals surface area contributed by atoms with Gasteiger partial charge in [0.2, 0.25) is 5.91 Å². The first-order valence-electron chi connectivity index (χ1n) is 7.05. The van der Waals surface area contributed by atoms with Crippen LogP contribution in [0.5, 0.6) is 0 Å². The lowest BCUT2D eigenvalue weighted by molar-refractivity contribution is -0.116. The Balaban J connectivity index is 2.03. The number of likely N-dealkylation sites (N-methyl/N-ethyl adjacent to an activating group) is 1. The first-order chi connectivity index (χ1) is 10.4. The predicted molar refractivity (Wildman–Crippen MR) is 85.0 cm³/mol. The summed E-state index contributed by atoms with van der Waals surface area (Å²) in [5.74, 6) is 0.0873. The Morgan fingerprint density at radius 2 is 1.77 bits per heavy atom. The van der Waals surface area contributed by atoms with Gasteiger partial charge in [0.1, 0.15) is 5.76 Å². The number of amides is 2. The SMILES string of the molecule is Cc1cccc(C)c1NC(=O)CN(C)C(=O)c1ccoc1C. The molecule has 2 aromatic rings. The molecule has 116 valence electrons. The van der Waals surface area contributed by atoms with E-state index in [1.54, 1.807) is 20.0 Å². The van der Waals surface area contributed by atoms with E-state index in [4.69, 9.17) is 4.42 Å². The lowest BCUT2D eigenvalue weighted by Crippen LogP contribution is -2.35. The third-order valence-electron chi connectivity index (χ3n) is 3.56. The van der Waals surface area contributed by atoms with Crippen LogP contribution >= 0.6 is 0 Å². The molecular weight excluding hydrogens is 280 g/mol. The summed E-state index contributed by atoms with van der Waals surface area (Å²) in [6.07, 6.45) is 1.47. The Morgan fingerprint density at radius 1 is 1.14 bits per heavy atom. The molecule has 5 heteroatoms. The van der Waals surface area contributed by atoms with Crippen LogP contribution in [0.25, 0.3) is 0 Å². The molecule has 22 heavy (non-hydrogen) atoms. The van der Waals surface area contributed by atoms with Crippen LogP contribution in [0.1, 0.15) is 27.2 Å². The quantitative estimate of drug-likeness (QED) is 0.944. The first kappa shape index (κ1) is 15.8. The number of hydrogen-bond donors (Lipinski definition) is 1. The molecule has 5 nitrogen and oxygen atoms in total. The molecule has 0 spiro atoms. The largest absolute Gasteiger partial charge is 0.469 e. The molecule has 1 N–H and O–H groups in total. The van der Waals surface area contributed by atoms with E-state index >= 15 is 0 Å². The lowest BCUT2D eigenvalue weighted by atomic mass is 10.1. The third kappa shape index (κ3) is 3.36. The van der Waals surface area contributed by atoms with Gasteiger partial charge in [0.25, 0.3) is 5.91 Å². The standard InChI is InChI=1S/C17H20N2O3/c1-11-6-5-7-12(2)16(11)18-15(20)10-19(4)17(21)14-8-9-22-13(14)3/h5-9H,10H2,1-4H3,(H,18,20). The zero-order valence-electron chi connectivity index (χ0n) is 13.3. The minimum absolute atomic E-state index is 0.0166. The van der Waals surface area contributed by atoms with Crippen molar-refractivity contribution < 1.29 is 14.0 Å². The lowest BCUT2D eigenvalue weighted by Gasteiger charge is -2.17. The minimum atomic E-state index is -0.233. The number of rotatable bonds is 4. The smallest absolute Gasteiger partial charge is 0.257 e. The van der Waals surface area contributed by atoms with Gasteiger partial charge in [-0.1, -0.05) is 18.2 Å². The molecule has 0 aliphatic carbocycles. The highest BCUT2D eigenvalue weighted by atomic mass is 16.3. The van der Waals surface area contributed by atoms with Crippen LogP contribution in [0.3, 0.4) is 0 Å². The Kier molecular flexibility index (Phi) is 4.65. The molecule has 0 fully saturated rings. The van der Waals surface area contributed by atoms with Crippen LogP contribution in [0, 0.1) is 20.8 Å². The maximum absolute atomic E-state index is 12.2. The van der Waals surface area contributed by atoms with Gasteiger partial charge in [-0.2, -0.15) is 0 Å². The van der Waals surface area contributed by atoms with E-state index in [2.05, 4.69) is 5.32 Å². The number of carbonyl (C=O) groups is 2. The number of furan rings is 1. The first-order valence-corrected chi connectivity index (χ1v) is 7.05. The summed E-state index contributed by atoms with van der Waals surface area (Å²) < 4.78 is 5.12. The van der Waals surface area contributed by atoms with Gasteiger partial charge >= 0.3 is 0 Å². The average molecular weight is 300 g/mol. The number of anilines is 1. The third-order valence-corrected chi connectivity index (χ3v) is 3.56. The Morgan fingerprint density at radius 3 is 2.32 bits per heavy atom. The molecule has 1 heterocycles. The number of carbonyl (C=O) groups excluding carboxylic acids is 2. The van der Waals surface area contributed by atoms with Gasteiger partial charge in [-0.25, -0.2) is 0 Å². The molecule has 1 aromatic heterocycles. The monoisotopic (exact) mass is 300 g/mol. The number of aryl methyl sites for hydroxylation is 3. The molecule has 0 saturated carbocycles. The van der Waals surface area contributed by atoms with Gasteiger partial charge in [-0.15, -0.1) is 0 Å². The van der Waals surface area contributed by atoms with Crippen molar-refractivity contribution in [3.8, 4) is 0 Å². The molecule has 0 unspecified atom stereocenters. The van der Waals surface area contributed by atoms with Crippen molar-refractivity contribution in [2.75, 3.05) is 18.9 Å². The maximum atomic E-state index is 12.2. The number of hydrogen-bond acceptors (Lipinski definition) is 3. The molecule has 2 amide bonds. The van der Waals surface area contributed by atoms with E-state index < -0.39 is 0 Å². The normalized spacial score (nSPS) is 10.4. The minimum Gasteiger partial charge on any atom is -0.469 e. The average Bonchev–Trinajstić information content (AvgIpc) is 2.88.